The zero-order chi connectivity index (χ0) is 15.9. The molecule has 0 bridgehead atoms. The molecule has 0 saturated carbocycles. The summed E-state index contributed by atoms with van der Waals surface area (Å²) in [7, 11) is 3.68. The lowest BCUT2D eigenvalue weighted by Crippen LogP contribution is -2.52. The van der Waals surface area contributed by atoms with Crippen LogP contribution in [0, 0.1) is 5.41 Å². The van der Waals surface area contributed by atoms with Gasteiger partial charge in [-0.25, -0.2) is 0 Å². The summed E-state index contributed by atoms with van der Waals surface area (Å²) in [5, 5.41) is 13.5. The van der Waals surface area contributed by atoms with Gasteiger partial charge in [0.15, 0.2) is 0 Å². The number of aliphatic hydroxyl groups excluding tert-OH is 1. The minimum absolute atomic E-state index is 0.110. The molecule has 0 amide bonds. The summed E-state index contributed by atoms with van der Waals surface area (Å²) in [6.45, 7) is 11.1. The molecule has 1 heterocycles. The second-order valence-electron chi connectivity index (χ2n) is 7.57. The zero-order valence-corrected chi connectivity index (χ0v) is 14.4. The van der Waals surface area contributed by atoms with Gasteiger partial charge in [0.05, 0.1) is 19.3 Å². The molecule has 1 fully saturated rings. The van der Waals surface area contributed by atoms with Gasteiger partial charge in [-0.15, -0.1) is 0 Å². The maximum Gasteiger partial charge on any atom is 0.0899 e. The molecule has 0 radical (unpaired) electrons. The van der Waals surface area contributed by atoms with Crippen molar-refractivity contribution in [2.45, 2.75) is 45.3 Å². The fraction of sp³-hybridized carbons (Fsp3) is 1.00. The van der Waals surface area contributed by atoms with Crippen LogP contribution in [0.5, 0.6) is 0 Å². The maximum atomic E-state index is 9.88. The van der Waals surface area contributed by atoms with Crippen LogP contribution in [0.3, 0.4) is 0 Å². The topological polar surface area (TPSA) is 54.0 Å². The highest BCUT2D eigenvalue weighted by molar-refractivity contribution is 4.89. The van der Waals surface area contributed by atoms with Crippen LogP contribution in [-0.4, -0.2) is 75.3 Å². The van der Waals surface area contributed by atoms with Gasteiger partial charge < -0.3 is 24.8 Å². The molecule has 0 aromatic carbocycles. The van der Waals surface area contributed by atoms with Crippen LogP contribution < -0.4 is 5.32 Å². The normalized spacial score (nSPS) is 25.3. The molecule has 5 heteroatoms. The lowest BCUT2D eigenvalue weighted by molar-refractivity contribution is -0.0339. The van der Waals surface area contributed by atoms with Gasteiger partial charge in [-0.05, 0) is 40.7 Å². The molecular formula is C16H34N2O3. The van der Waals surface area contributed by atoms with Crippen molar-refractivity contribution in [1.82, 2.24) is 10.2 Å². The van der Waals surface area contributed by atoms with Crippen molar-refractivity contribution in [3.05, 3.63) is 0 Å². The van der Waals surface area contributed by atoms with Gasteiger partial charge in [0.1, 0.15) is 0 Å². The molecule has 0 spiro atoms. The molecule has 5 nitrogen and oxygen atoms in total. The van der Waals surface area contributed by atoms with E-state index in [4.69, 9.17) is 9.47 Å². The van der Waals surface area contributed by atoms with Crippen LogP contribution in [0.4, 0.5) is 0 Å². The van der Waals surface area contributed by atoms with E-state index in [0.29, 0.717) is 13.2 Å². The van der Waals surface area contributed by atoms with E-state index in [1.807, 2.05) is 0 Å². The third-order valence-corrected chi connectivity index (χ3v) is 3.88. The van der Waals surface area contributed by atoms with E-state index in [9.17, 15) is 5.11 Å². The van der Waals surface area contributed by atoms with Crippen molar-refractivity contribution in [2.24, 2.45) is 5.41 Å². The Kier molecular flexibility index (Phi) is 7.57. The standard InChI is InChI=1S/C16H34N2O3/c1-15(2,3)17-11-16(7-6-8-21-13-16)12-18(4)9-14(19)10-20-5/h14,17,19H,6-13H2,1-5H3. The van der Waals surface area contributed by atoms with Crippen LogP contribution in [-0.2, 0) is 9.47 Å². The second kappa shape index (κ2) is 8.44. The lowest BCUT2D eigenvalue weighted by Gasteiger charge is -2.42. The Hall–Kier alpha value is -0.200. The number of aliphatic hydroxyl groups is 1. The molecule has 0 aliphatic carbocycles. The van der Waals surface area contributed by atoms with E-state index in [2.05, 4.69) is 38.0 Å². The maximum absolute atomic E-state index is 9.88. The monoisotopic (exact) mass is 302 g/mol. The minimum atomic E-state index is -0.433. The predicted molar refractivity (Wildman–Crippen MR) is 85.6 cm³/mol. The molecule has 2 atom stereocenters. The van der Waals surface area contributed by atoms with Gasteiger partial charge in [0, 0.05) is 44.3 Å². The van der Waals surface area contributed by atoms with Gasteiger partial charge in [-0.2, -0.15) is 0 Å². The fourth-order valence-electron chi connectivity index (χ4n) is 2.92. The van der Waals surface area contributed by atoms with E-state index >= 15 is 0 Å². The summed E-state index contributed by atoms with van der Waals surface area (Å²) < 4.78 is 10.7. The van der Waals surface area contributed by atoms with Gasteiger partial charge >= 0.3 is 0 Å². The van der Waals surface area contributed by atoms with Gasteiger partial charge in [-0.3, -0.25) is 0 Å². The van der Waals surface area contributed by atoms with Crippen LogP contribution >= 0.6 is 0 Å². The van der Waals surface area contributed by atoms with Crippen molar-refractivity contribution in [1.29, 1.82) is 0 Å². The molecule has 2 unspecified atom stereocenters. The molecule has 126 valence electrons. The van der Waals surface area contributed by atoms with Crippen molar-refractivity contribution >= 4 is 0 Å². The highest BCUT2D eigenvalue weighted by Gasteiger charge is 2.35. The van der Waals surface area contributed by atoms with Crippen LogP contribution in [0.15, 0.2) is 0 Å². The number of nitrogens with zero attached hydrogens (tertiary/aromatic N) is 1. The number of likely N-dealkylation sites (N-methyl/N-ethyl adjacent to an activating group) is 1. The highest BCUT2D eigenvalue weighted by Crippen LogP contribution is 2.29. The average molecular weight is 302 g/mol. The average Bonchev–Trinajstić information content (AvgIpc) is 2.37. The first-order valence-corrected chi connectivity index (χ1v) is 7.95. The largest absolute Gasteiger partial charge is 0.389 e. The molecule has 2 N–H and O–H groups in total. The van der Waals surface area contributed by atoms with Crippen molar-refractivity contribution in [3.8, 4) is 0 Å². The summed E-state index contributed by atoms with van der Waals surface area (Å²) in [6.07, 6.45) is 1.85. The van der Waals surface area contributed by atoms with Gasteiger partial charge in [0.25, 0.3) is 0 Å². The van der Waals surface area contributed by atoms with E-state index in [0.717, 1.165) is 32.7 Å². The summed E-state index contributed by atoms with van der Waals surface area (Å²) in [6, 6.07) is 0. The number of rotatable bonds is 8. The molecule has 1 aliphatic heterocycles. The van der Waals surface area contributed by atoms with Crippen LogP contribution in [0.1, 0.15) is 33.6 Å². The summed E-state index contributed by atoms with van der Waals surface area (Å²) in [5.41, 5.74) is 0.242. The highest BCUT2D eigenvalue weighted by atomic mass is 16.5. The Morgan fingerprint density at radius 1 is 1.43 bits per heavy atom. The predicted octanol–water partition coefficient (Wildman–Crippen LogP) is 1.11. The molecule has 0 aromatic rings. The smallest absolute Gasteiger partial charge is 0.0899 e. The first-order chi connectivity index (χ1) is 9.76. The molecule has 1 aliphatic rings. The Labute approximate surface area is 130 Å². The minimum Gasteiger partial charge on any atom is -0.389 e. The third kappa shape index (κ3) is 7.56. The zero-order valence-electron chi connectivity index (χ0n) is 14.4. The first-order valence-electron chi connectivity index (χ1n) is 7.95. The second-order valence-corrected chi connectivity index (χ2v) is 7.57. The number of nitrogens with one attached hydrogen (secondary N) is 1. The number of hydrogen-bond donors (Lipinski definition) is 2. The molecular weight excluding hydrogens is 268 g/mol. The van der Waals surface area contributed by atoms with E-state index < -0.39 is 6.10 Å². The molecule has 21 heavy (non-hydrogen) atoms. The Balaban J connectivity index is 2.56. The summed E-state index contributed by atoms with van der Waals surface area (Å²) >= 11 is 0. The van der Waals surface area contributed by atoms with E-state index in [1.165, 1.54) is 6.42 Å². The number of methoxy groups -OCH3 is 1. The number of hydrogen-bond acceptors (Lipinski definition) is 5. The van der Waals surface area contributed by atoms with Gasteiger partial charge in [0.2, 0.25) is 0 Å². The van der Waals surface area contributed by atoms with Crippen molar-refractivity contribution in [2.75, 3.05) is 53.6 Å². The summed E-state index contributed by atoms with van der Waals surface area (Å²) in [4.78, 5) is 2.20. The van der Waals surface area contributed by atoms with Crippen molar-refractivity contribution < 1.29 is 14.6 Å². The molecule has 0 aromatic heterocycles. The SMILES string of the molecule is COCC(O)CN(C)CC1(CNC(C)(C)C)CCCOC1. The third-order valence-electron chi connectivity index (χ3n) is 3.88. The van der Waals surface area contributed by atoms with E-state index in [1.54, 1.807) is 7.11 Å². The summed E-state index contributed by atoms with van der Waals surface area (Å²) in [5.74, 6) is 0. The Bertz CT molecular complexity index is 286. The fourth-order valence-corrected chi connectivity index (χ4v) is 2.92. The van der Waals surface area contributed by atoms with E-state index in [-0.39, 0.29) is 11.0 Å². The van der Waals surface area contributed by atoms with Crippen LogP contribution in [0.25, 0.3) is 0 Å². The van der Waals surface area contributed by atoms with Gasteiger partial charge in [-0.1, -0.05) is 0 Å². The van der Waals surface area contributed by atoms with Crippen molar-refractivity contribution in [3.63, 3.8) is 0 Å². The first kappa shape index (κ1) is 18.8. The lowest BCUT2D eigenvalue weighted by atomic mass is 9.81. The van der Waals surface area contributed by atoms with Crippen LogP contribution in [0.2, 0.25) is 0 Å². The Morgan fingerprint density at radius 3 is 2.67 bits per heavy atom. The quantitative estimate of drug-likeness (QED) is 0.703. The number of ether oxygens (including phenoxy) is 2. The Morgan fingerprint density at radius 2 is 2.14 bits per heavy atom. The molecule has 1 saturated heterocycles. The molecule has 1 rings (SSSR count).